The molecule has 0 saturated carbocycles. The van der Waals surface area contributed by atoms with E-state index in [1.807, 2.05) is 0 Å². The summed E-state index contributed by atoms with van der Waals surface area (Å²) >= 11 is 2.73. The molecule has 1 N–H and O–H groups in total. The summed E-state index contributed by atoms with van der Waals surface area (Å²) in [7, 11) is 0. The molecule has 0 bridgehead atoms. The van der Waals surface area contributed by atoms with E-state index in [1.54, 1.807) is 0 Å². The lowest BCUT2D eigenvalue weighted by Gasteiger charge is -2.02. The lowest BCUT2D eigenvalue weighted by molar-refractivity contribution is -0.138. The molecule has 56 valence electrons. The summed E-state index contributed by atoms with van der Waals surface area (Å²) in [6.07, 6.45) is -3.04. The van der Waals surface area contributed by atoms with Crippen LogP contribution in [0.5, 0.6) is 0 Å². The van der Waals surface area contributed by atoms with E-state index in [2.05, 4.69) is 20.9 Å². The molecule has 0 radical (unpaired) electrons. The van der Waals surface area contributed by atoms with E-state index in [-0.39, 0.29) is 4.60 Å². The Balaban J connectivity index is 3.05. The molecule has 0 aromatic carbocycles. The zero-order chi connectivity index (χ0) is 7.78. The summed E-state index contributed by atoms with van der Waals surface area (Å²) in [5, 5.41) is 0. The first-order chi connectivity index (χ1) is 4.52. The van der Waals surface area contributed by atoms with Crippen LogP contribution in [-0.4, -0.2) is 4.98 Å². The van der Waals surface area contributed by atoms with Gasteiger partial charge in [0, 0.05) is 6.20 Å². The van der Waals surface area contributed by atoms with Crippen molar-refractivity contribution in [1.82, 2.24) is 4.98 Å². The number of alkyl halides is 3. The second-order valence-electron chi connectivity index (χ2n) is 1.70. The van der Waals surface area contributed by atoms with Crippen molar-refractivity contribution in [1.29, 1.82) is 0 Å². The fourth-order valence-electron chi connectivity index (χ4n) is 0.568. The van der Waals surface area contributed by atoms with Crippen molar-refractivity contribution < 1.29 is 13.2 Å². The minimum absolute atomic E-state index is 0.0278. The maximum absolute atomic E-state index is 11.8. The first-order valence-electron chi connectivity index (χ1n) is 2.42. The Morgan fingerprint density at radius 2 is 2.00 bits per heavy atom. The predicted octanol–water partition coefficient (Wildman–Crippen LogP) is 2.80. The van der Waals surface area contributed by atoms with Gasteiger partial charge >= 0.3 is 6.18 Å². The molecule has 1 heterocycles. The Hall–Kier alpha value is -0.450. The van der Waals surface area contributed by atoms with E-state index in [1.165, 1.54) is 6.20 Å². The fraction of sp³-hybridized carbons (Fsp3) is 0.200. The maximum atomic E-state index is 11.8. The summed E-state index contributed by atoms with van der Waals surface area (Å²) in [6, 6.07) is 0.976. The van der Waals surface area contributed by atoms with Gasteiger partial charge in [0.05, 0.1) is 10.2 Å². The lowest BCUT2D eigenvalue weighted by atomic mass is 10.3. The Morgan fingerprint density at radius 1 is 1.40 bits per heavy atom. The highest BCUT2D eigenvalue weighted by molar-refractivity contribution is 9.10. The predicted molar refractivity (Wildman–Crippen MR) is 33.5 cm³/mol. The molecule has 0 aliphatic heterocycles. The van der Waals surface area contributed by atoms with Crippen molar-refractivity contribution in [2.75, 3.05) is 0 Å². The molecule has 1 aromatic heterocycles. The van der Waals surface area contributed by atoms with Crippen LogP contribution < -0.4 is 0 Å². The van der Waals surface area contributed by atoms with E-state index in [0.29, 0.717) is 0 Å². The number of H-pyrrole nitrogens is 1. The van der Waals surface area contributed by atoms with E-state index in [4.69, 9.17) is 0 Å². The van der Waals surface area contributed by atoms with Crippen LogP contribution in [0.15, 0.2) is 16.9 Å². The minimum atomic E-state index is -4.27. The smallest absolute Gasteiger partial charge is 0.356 e. The largest absolute Gasteiger partial charge is 0.418 e. The fourth-order valence-corrected chi connectivity index (χ4v) is 1.06. The van der Waals surface area contributed by atoms with E-state index in [0.717, 1.165) is 6.07 Å². The van der Waals surface area contributed by atoms with Gasteiger partial charge in [-0.2, -0.15) is 13.2 Å². The van der Waals surface area contributed by atoms with Gasteiger partial charge in [0.1, 0.15) is 0 Å². The molecule has 0 unspecified atom stereocenters. The van der Waals surface area contributed by atoms with Crippen LogP contribution in [-0.2, 0) is 6.18 Å². The highest BCUT2D eigenvalue weighted by Gasteiger charge is 2.33. The summed E-state index contributed by atoms with van der Waals surface area (Å²) in [5.74, 6) is 0. The number of hydrogen-bond donors (Lipinski definition) is 1. The number of halogens is 4. The van der Waals surface area contributed by atoms with Gasteiger partial charge in [-0.05, 0) is 22.0 Å². The third-order valence-electron chi connectivity index (χ3n) is 1.00. The molecule has 0 fully saturated rings. The van der Waals surface area contributed by atoms with Gasteiger partial charge in [-0.3, -0.25) is 0 Å². The van der Waals surface area contributed by atoms with Crippen molar-refractivity contribution in [2.45, 2.75) is 6.18 Å². The molecule has 1 rings (SSSR count). The van der Waals surface area contributed by atoms with Crippen LogP contribution in [0.1, 0.15) is 5.56 Å². The average molecular weight is 214 g/mol. The third-order valence-corrected chi connectivity index (χ3v) is 1.66. The lowest BCUT2D eigenvalue weighted by Crippen LogP contribution is -2.03. The van der Waals surface area contributed by atoms with E-state index >= 15 is 0 Å². The first-order valence-corrected chi connectivity index (χ1v) is 3.21. The van der Waals surface area contributed by atoms with Crippen molar-refractivity contribution >= 4 is 15.9 Å². The quantitative estimate of drug-likeness (QED) is 0.683. The van der Waals surface area contributed by atoms with Crippen LogP contribution in [0.2, 0.25) is 0 Å². The molecule has 10 heavy (non-hydrogen) atoms. The van der Waals surface area contributed by atoms with Gasteiger partial charge in [0.2, 0.25) is 0 Å². The van der Waals surface area contributed by atoms with Gasteiger partial charge in [-0.1, -0.05) is 0 Å². The molecule has 5 heteroatoms. The summed E-state index contributed by atoms with van der Waals surface area (Å²) in [6.45, 7) is 0. The third kappa shape index (κ3) is 1.34. The minimum Gasteiger partial charge on any atom is -0.356 e. The highest BCUT2D eigenvalue weighted by atomic mass is 79.9. The second kappa shape index (κ2) is 2.30. The number of aromatic nitrogens is 1. The molecule has 0 atom stereocenters. The molecule has 0 aliphatic carbocycles. The van der Waals surface area contributed by atoms with Crippen molar-refractivity contribution in [3.63, 3.8) is 0 Å². The molecule has 1 aromatic rings. The SMILES string of the molecule is FC(F)(F)c1cc[nH]c1Br. The van der Waals surface area contributed by atoms with Gasteiger partial charge in [-0.15, -0.1) is 0 Å². The Kier molecular flexibility index (Phi) is 1.76. The van der Waals surface area contributed by atoms with Crippen LogP contribution in [0, 0.1) is 0 Å². The van der Waals surface area contributed by atoms with Crippen molar-refractivity contribution in [3.05, 3.63) is 22.4 Å². The molecule has 0 saturated heterocycles. The molecule has 0 aliphatic rings. The number of rotatable bonds is 0. The normalized spacial score (nSPS) is 12.0. The summed E-state index contributed by atoms with van der Waals surface area (Å²) < 4.78 is 35.5. The summed E-state index contributed by atoms with van der Waals surface area (Å²) in [5.41, 5.74) is -0.674. The standard InChI is InChI=1S/C5H3BrF3N/c6-4-3(1-2-10-4)5(7,8)9/h1-2,10H. The Morgan fingerprint density at radius 3 is 2.20 bits per heavy atom. The molecular formula is C5H3BrF3N. The highest BCUT2D eigenvalue weighted by Crippen LogP contribution is 2.33. The second-order valence-corrected chi connectivity index (χ2v) is 2.50. The van der Waals surface area contributed by atoms with Gasteiger partial charge < -0.3 is 4.98 Å². The van der Waals surface area contributed by atoms with E-state index in [9.17, 15) is 13.2 Å². The zero-order valence-electron chi connectivity index (χ0n) is 4.67. The zero-order valence-corrected chi connectivity index (χ0v) is 6.25. The van der Waals surface area contributed by atoms with Crippen LogP contribution >= 0.6 is 15.9 Å². The molecular weight excluding hydrogens is 211 g/mol. The number of nitrogens with one attached hydrogen (secondary N) is 1. The van der Waals surface area contributed by atoms with Gasteiger partial charge in [0.25, 0.3) is 0 Å². The van der Waals surface area contributed by atoms with Crippen LogP contribution in [0.3, 0.4) is 0 Å². The van der Waals surface area contributed by atoms with Gasteiger partial charge in [0.15, 0.2) is 0 Å². The van der Waals surface area contributed by atoms with Gasteiger partial charge in [-0.25, -0.2) is 0 Å². The molecule has 0 amide bonds. The average Bonchev–Trinajstić information content (AvgIpc) is 2.11. The topological polar surface area (TPSA) is 15.8 Å². The van der Waals surface area contributed by atoms with E-state index < -0.39 is 11.7 Å². The number of hydrogen-bond acceptors (Lipinski definition) is 0. The van der Waals surface area contributed by atoms with Crippen molar-refractivity contribution in [3.8, 4) is 0 Å². The monoisotopic (exact) mass is 213 g/mol. The van der Waals surface area contributed by atoms with Crippen LogP contribution in [0.25, 0.3) is 0 Å². The van der Waals surface area contributed by atoms with Crippen LogP contribution in [0.4, 0.5) is 13.2 Å². The number of aromatic amines is 1. The summed E-state index contributed by atoms with van der Waals surface area (Å²) in [4.78, 5) is 2.37. The Labute approximate surface area is 63.4 Å². The first kappa shape index (κ1) is 7.65. The maximum Gasteiger partial charge on any atom is 0.418 e. The van der Waals surface area contributed by atoms with Crippen molar-refractivity contribution in [2.24, 2.45) is 0 Å². The Bertz CT molecular complexity index is 227. The molecule has 1 nitrogen and oxygen atoms in total. The molecule has 0 spiro atoms.